The number of alkyl halides is 2. The molecule has 1 aliphatic rings. The van der Waals surface area contributed by atoms with Gasteiger partial charge in [-0.05, 0) is 18.9 Å². The van der Waals surface area contributed by atoms with E-state index in [2.05, 4.69) is 4.98 Å². The first-order chi connectivity index (χ1) is 17.1. The molecule has 192 valence electrons. The highest BCUT2D eigenvalue weighted by Crippen LogP contribution is 2.48. The number of esters is 1. The molecule has 13 heteroatoms. The molecule has 0 N–H and O–H groups in total. The van der Waals surface area contributed by atoms with Crippen molar-refractivity contribution in [3.8, 4) is 0 Å². The first-order valence-electron chi connectivity index (χ1n) is 11.0. The Morgan fingerprint density at radius 3 is 2.50 bits per heavy atom. The Kier molecular flexibility index (Phi) is 6.82. The van der Waals surface area contributed by atoms with Crippen molar-refractivity contribution < 1.29 is 36.2 Å². The Morgan fingerprint density at radius 1 is 1.19 bits per heavy atom. The average molecular weight is 523 g/mol. The third kappa shape index (κ3) is 4.12. The van der Waals surface area contributed by atoms with Gasteiger partial charge in [0, 0.05) is 50.8 Å². The Hall–Kier alpha value is -3.42. The van der Waals surface area contributed by atoms with Crippen molar-refractivity contribution in [3.05, 3.63) is 83.6 Å². The summed E-state index contributed by atoms with van der Waals surface area (Å²) in [4.78, 5) is 17.3. The molecule has 3 heterocycles. The minimum atomic E-state index is -4.24. The molecular weight excluding hydrogens is 498 g/mol. The molecule has 0 bridgehead atoms. The van der Waals surface area contributed by atoms with Crippen molar-refractivity contribution in [2.45, 2.75) is 35.7 Å². The van der Waals surface area contributed by atoms with Gasteiger partial charge in [-0.3, -0.25) is 4.79 Å². The molecule has 0 spiro atoms. The fraction of sp³-hybridized carbons (Fsp3) is 0.348. The van der Waals surface area contributed by atoms with Crippen LogP contribution in [0.2, 0.25) is 0 Å². The Morgan fingerprint density at radius 2 is 1.89 bits per heavy atom. The maximum atomic E-state index is 16.1. The van der Waals surface area contributed by atoms with E-state index in [4.69, 9.17) is 9.47 Å². The largest absolute Gasteiger partial charge is 0.618 e. The van der Waals surface area contributed by atoms with Gasteiger partial charge in [0.05, 0.1) is 0 Å². The molecule has 4 rings (SSSR count). The second-order valence-corrected chi connectivity index (χ2v) is 9.97. The normalized spacial score (nSPS) is 18.6. The number of benzene rings is 1. The van der Waals surface area contributed by atoms with Crippen LogP contribution in [0.1, 0.15) is 24.1 Å². The lowest BCUT2D eigenvalue weighted by Crippen LogP contribution is -2.55. The van der Waals surface area contributed by atoms with Crippen LogP contribution in [-0.2, 0) is 43.0 Å². The summed E-state index contributed by atoms with van der Waals surface area (Å²) in [5.74, 6) is -8.49. The first-order valence-corrected chi connectivity index (χ1v) is 12.4. The number of methoxy groups -OCH3 is 1. The zero-order chi connectivity index (χ0) is 26.1. The number of carbonyl (C=O) groups excluding carboxylic acids is 1. The zero-order valence-electron chi connectivity index (χ0n) is 19.5. The summed E-state index contributed by atoms with van der Waals surface area (Å²) in [7, 11) is -1.84. The smallest absolute Gasteiger partial charge is 0.399 e. The van der Waals surface area contributed by atoms with E-state index < -0.39 is 39.4 Å². The second-order valence-electron chi connectivity index (χ2n) is 8.19. The van der Waals surface area contributed by atoms with Crippen LogP contribution in [0.5, 0.6) is 0 Å². The van der Waals surface area contributed by atoms with Crippen LogP contribution in [0.15, 0.2) is 72.3 Å². The molecule has 3 aromatic rings. The maximum absolute atomic E-state index is 16.1. The molecular formula is C23H24F2N4O6S. The van der Waals surface area contributed by atoms with Crippen molar-refractivity contribution in [2.75, 3.05) is 13.7 Å². The second kappa shape index (κ2) is 9.56. The van der Waals surface area contributed by atoms with Crippen LogP contribution in [0.25, 0.3) is 0 Å². The molecule has 10 nitrogen and oxygen atoms in total. The van der Waals surface area contributed by atoms with Crippen molar-refractivity contribution >= 4 is 16.0 Å². The van der Waals surface area contributed by atoms with Crippen molar-refractivity contribution in [3.63, 3.8) is 0 Å². The predicted molar refractivity (Wildman–Crippen MR) is 121 cm³/mol. The quantitative estimate of drug-likeness (QED) is 0.192. The molecule has 0 amide bonds. The van der Waals surface area contributed by atoms with E-state index in [1.165, 1.54) is 60.4 Å². The number of hydrogen-bond acceptors (Lipinski definition) is 7. The third-order valence-electron chi connectivity index (χ3n) is 6.04. The molecule has 1 aliphatic heterocycles. The summed E-state index contributed by atoms with van der Waals surface area (Å²) in [6, 6.07) is 8.98. The van der Waals surface area contributed by atoms with E-state index in [1.807, 2.05) is 0 Å². The van der Waals surface area contributed by atoms with Gasteiger partial charge < -0.3 is 19.2 Å². The minimum Gasteiger partial charge on any atom is -0.618 e. The van der Waals surface area contributed by atoms with Gasteiger partial charge in [-0.25, -0.2) is 13.4 Å². The summed E-state index contributed by atoms with van der Waals surface area (Å²) in [5.41, 5.74) is -1.27. The number of aryl methyl sites for hydroxylation is 1. The fourth-order valence-corrected chi connectivity index (χ4v) is 5.99. The average Bonchev–Trinajstić information content (AvgIpc) is 3.53. The predicted octanol–water partition coefficient (Wildman–Crippen LogP) is 2.04. The van der Waals surface area contributed by atoms with Gasteiger partial charge in [0.25, 0.3) is 15.7 Å². The van der Waals surface area contributed by atoms with Gasteiger partial charge >= 0.3 is 17.7 Å². The third-order valence-corrected chi connectivity index (χ3v) is 7.95. The van der Waals surface area contributed by atoms with Gasteiger partial charge in [0.2, 0.25) is 5.16 Å². The molecule has 2 atom stereocenters. The number of hydrogen-bond donors (Lipinski definition) is 0. The Bertz CT molecular complexity index is 1350. The molecule has 1 aromatic carbocycles. The van der Waals surface area contributed by atoms with Crippen LogP contribution >= 0.6 is 0 Å². The fourth-order valence-electron chi connectivity index (χ4n) is 4.27. The number of rotatable bonds is 8. The number of nitrogens with zero attached hydrogens (tertiary/aromatic N) is 4. The lowest BCUT2D eigenvalue weighted by molar-refractivity contribution is -0.630. The summed E-state index contributed by atoms with van der Waals surface area (Å²) in [6.07, 6.45) is 3.94. The highest BCUT2D eigenvalue weighted by molar-refractivity contribution is 7.89. The molecule has 0 radical (unpaired) electrons. The highest BCUT2D eigenvalue weighted by Gasteiger charge is 2.65. The van der Waals surface area contributed by atoms with E-state index in [9.17, 15) is 18.4 Å². The minimum absolute atomic E-state index is 0.0318. The SMILES string of the molecule is COC(OC(=O)[C@@H]1CCCN1S(=O)(=O)c1nccn1C)(c1ccccc1)C(F)(F)c1cccc[n+]1[O-]. The Labute approximate surface area is 206 Å². The summed E-state index contributed by atoms with van der Waals surface area (Å²) < 4.78 is 71.4. The first kappa shape index (κ1) is 25.7. The summed E-state index contributed by atoms with van der Waals surface area (Å²) >= 11 is 0. The van der Waals surface area contributed by atoms with E-state index in [1.54, 1.807) is 6.07 Å². The van der Waals surface area contributed by atoms with E-state index in [-0.39, 0.29) is 28.4 Å². The van der Waals surface area contributed by atoms with Crippen LogP contribution in [0.3, 0.4) is 0 Å². The van der Waals surface area contributed by atoms with Crippen LogP contribution in [-0.4, -0.2) is 47.9 Å². The van der Waals surface area contributed by atoms with Gasteiger partial charge in [0.15, 0.2) is 6.20 Å². The van der Waals surface area contributed by atoms with Gasteiger partial charge in [-0.15, -0.1) is 0 Å². The number of imidazole rings is 1. The van der Waals surface area contributed by atoms with Crippen molar-refractivity contribution in [1.82, 2.24) is 13.9 Å². The summed E-state index contributed by atoms with van der Waals surface area (Å²) in [6.45, 7) is -0.0318. The molecule has 0 aliphatic carbocycles. The number of ether oxygens (including phenoxy) is 2. The lowest BCUT2D eigenvalue weighted by atomic mass is 9.95. The lowest BCUT2D eigenvalue weighted by Gasteiger charge is -2.38. The molecule has 2 aromatic heterocycles. The zero-order valence-corrected chi connectivity index (χ0v) is 20.3. The van der Waals surface area contributed by atoms with E-state index in [0.717, 1.165) is 23.7 Å². The highest BCUT2D eigenvalue weighted by atomic mass is 32.2. The molecule has 0 saturated carbocycles. The summed E-state index contributed by atoms with van der Waals surface area (Å²) in [5, 5.41) is 12.0. The van der Waals surface area contributed by atoms with E-state index >= 15 is 8.78 Å². The maximum Gasteiger partial charge on any atom is 0.399 e. The molecule has 1 fully saturated rings. The van der Waals surface area contributed by atoms with Gasteiger partial charge in [0.1, 0.15) is 6.04 Å². The van der Waals surface area contributed by atoms with Crippen LogP contribution in [0.4, 0.5) is 8.78 Å². The number of pyridine rings is 1. The standard InChI is InChI=1S/C23H24F2N4O6S/c1-27-16-13-26-21(27)36(32,33)29-15-8-11-18(29)20(30)35-23(34-2,17-9-4-3-5-10-17)22(24,25)19-12-6-7-14-28(19)31/h3-7,9-10,12-14,16,18H,8,11,15H2,1-2H3/t18-,23?/m0/s1. The number of sulfonamides is 1. The molecule has 1 saturated heterocycles. The van der Waals surface area contributed by atoms with Gasteiger partial charge in [-0.1, -0.05) is 30.3 Å². The van der Waals surface area contributed by atoms with Crippen molar-refractivity contribution in [1.29, 1.82) is 0 Å². The van der Waals surface area contributed by atoms with Gasteiger partial charge in [-0.2, -0.15) is 17.8 Å². The van der Waals surface area contributed by atoms with Crippen molar-refractivity contribution in [2.24, 2.45) is 7.05 Å². The number of halogens is 2. The number of aromatic nitrogens is 3. The topological polar surface area (TPSA) is 118 Å². The number of carbonyl (C=O) groups is 1. The van der Waals surface area contributed by atoms with Crippen LogP contribution < -0.4 is 4.73 Å². The van der Waals surface area contributed by atoms with Crippen LogP contribution in [0, 0.1) is 5.21 Å². The van der Waals surface area contributed by atoms with E-state index in [0.29, 0.717) is 6.42 Å². The molecule has 1 unspecified atom stereocenters. The monoisotopic (exact) mass is 522 g/mol. The Balaban J connectivity index is 1.77. The molecule has 36 heavy (non-hydrogen) atoms.